The SMILES string of the molecule is CC[C@H](Cc1ccccc1)NCCCO. The number of aliphatic hydroxyl groups excluding tert-OH is 1. The third-order valence-electron chi connectivity index (χ3n) is 2.59. The van der Waals surface area contributed by atoms with Gasteiger partial charge in [0.25, 0.3) is 0 Å². The molecule has 0 radical (unpaired) electrons. The molecule has 1 atom stereocenters. The van der Waals surface area contributed by atoms with E-state index in [1.54, 1.807) is 0 Å². The van der Waals surface area contributed by atoms with Gasteiger partial charge in [-0.3, -0.25) is 0 Å². The maximum absolute atomic E-state index is 8.70. The highest BCUT2D eigenvalue weighted by molar-refractivity contribution is 5.15. The van der Waals surface area contributed by atoms with Gasteiger partial charge in [0.2, 0.25) is 0 Å². The molecule has 0 heterocycles. The van der Waals surface area contributed by atoms with E-state index in [0.29, 0.717) is 6.04 Å². The Morgan fingerprint density at radius 2 is 2.00 bits per heavy atom. The van der Waals surface area contributed by atoms with E-state index in [0.717, 1.165) is 25.8 Å². The third kappa shape index (κ3) is 4.96. The zero-order chi connectivity index (χ0) is 10.9. The van der Waals surface area contributed by atoms with Crippen LogP contribution in [0.4, 0.5) is 0 Å². The lowest BCUT2D eigenvalue weighted by Gasteiger charge is -2.16. The summed E-state index contributed by atoms with van der Waals surface area (Å²) in [6.07, 6.45) is 3.04. The number of benzene rings is 1. The fourth-order valence-corrected chi connectivity index (χ4v) is 1.64. The van der Waals surface area contributed by atoms with Gasteiger partial charge in [-0.2, -0.15) is 0 Å². The summed E-state index contributed by atoms with van der Waals surface area (Å²) in [7, 11) is 0. The Morgan fingerprint density at radius 1 is 1.27 bits per heavy atom. The highest BCUT2D eigenvalue weighted by Crippen LogP contribution is 2.05. The van der Waals surface area contributed by atoms with Crippen LogP contribution in [0.15, 0.2) is 30.3 Å². The smallest absolute Gasteiger partial charge is 0.0443 e. The van der Waals surface area contributed by atoms with Crippen LogP contribution in [0.25, 0.3) is 0 Å². The highest BCUT2D eigenvalue weighted by atomic mass is 16.3. The van der Waals surface area contributed by atoms with Crippen molar-refractivity contribution >= 4 is 0 Å². The molecule has 84 valence electrons. The van der Waals surface area contributed by atoms with E-state index in [2.05, 4.69) is 36.5 Å². The van der Waals surface area contributed by atoms with Crippen molar-refractivity contribution in [2.75, 3.05) is 13.2 Å². The molecule has 0 fully saturated rings. The maximum atomic E-state index is 8.70. The van der Waals surface area contributed by atoms with Crippen LogP contribution in [0.1, 0.15) is 25.3 Å². The first-order valence-electron chi connectivity index (χ1n) is 5.75. The summed E-state index contributed by atoms with van der Waals surface area (Å²) < 4.78 is 0. The van der Waals surface area contributed by atoms with E-state index in [1.165, 1.54) is 5.56 Å². The predicted octanol–water partition coefficient (Wildman–Crippen LogP) is 1.98. The molecule has 15 heavy (non-hydrogen) atoms. The van der Waals surface area contributed by atoms with E-state index in [-0.39, 0.29) is 6.61 Å². The van der Waals surface area contributed by atoms with Gasteiger partial charge in [-0.1, -0.05) is 37.3 Å². The minimum Gasteiger partial charge on any atom is -0.396 e. The van der Waals surface area contributed by atoms with Crippen molar-refractivity contribution in [3.8, 4) is 0 Å². The van der Waals surface area contributed by atoms with Gasteiger partial charge < -0.3 is 10.4 Å². The highest BCUT2D eigenvalue weighted by Gasteiger charge is 2.05. The molecule has 0 saturated heterocycles. The van der Waals surface area contributed by atoms with E-state index in [1.807, 2.05) is 6.07 Å². The molecule has 0 aliphatic carbocycles. The average molecular weight is 207 g/mol. The minimum atomic E-state index is 0.273. The normalized spacial score (nSPS) is 12.7. The number of aliphatic hydroxyl groups is 1. The van der Waals surface area contributed by atoms with Crippen molar-refractivity contribution < 1.29 is 5.11 Å². The molecule has 0 aliphatic heterocycles. The second kappa shape index (κ2) is 7.43. The Bertz CT molecular complexity index is 248. The molecule has 0 spiro atoms. The summed E-state index contributed by atoms with van der Waals surface area (Å²) in [5.74, 6) is 0. The van der Waals surface area contributed by atoms with Gasteiger partial charge in [-0.05, 0) is 31.4 Å². The molecule has 1 aromatic rings. The van der Waals surface area contributed by atoms with Crippen molar-refractivity contribution in [1.29, 1.82) is 0 Å². The van der Waals surface area contributed by atoms with E-state index >= 15 is 0 Å². The Kier molecular flexibility index (Phi) is 6.05. The monoisotopic (exact) mass is 207 g/mol. The summed E-state index contributed by atoms with van der Waals surface area (Å²) in [6.45, 7) is 3.37. The zero-order valence-corrected chi connectivity index (χ0v) is 9.45. The van der Waals surface area contributed by atoms with Gasteiger partial charge in [0.15, 0.2) is 0 Å². The minimum absolute atomic E-state index is 0.273. The van der Waals surface area contributed by atoms with Crippen molar-refractivity contribution in [2.24, 2.45) is 0 Å². The van der Waals surface area contributed by atoms with Crippen molar-refractivity contribution in [3.63, 3.8) is 0 Å². The average Bonchev–Trinajstić information content (AvgIpc) is 2.29. The summed E-state index contributed by atoms with van der Waals surface area (Å²) in [5, 5.41) is 12.2. The van der Waals surface area contributed by atoms with Gasteiger partial charge in [-0.15, -0.1) is 0 Å². The van der Waals surface area contributed by atoms with Crippen molar-refractivity contribution in [2.45, 2.75) is 32.2 Å². The lowest BCUT2D eigenvalue weighted by molar-refractivity contribution is 0.282. The first-order chi connectivity index (χ1) is 7.36. The van der Waals surface area contributed by atoms with E-state index in [4.69, 9.17) is 5.11 Å². The second-order valence-corrected chi connectivity index (χ2v) is 3.83. The van der Waals surface area contributed by atoms with Crippen molar-refractivity contribution in [1.82, 2.24) is 5.32 Å². The van der Waals surface area contributed by atoms with Gasteiger partial charge in [-0.25, -0.2) is 0 Å². The van der Waals surface area contributed by atoms with Gasteiger partial charge in [0.05, 0.1) is 0 Å². The van der Waals surface area contributed by atoms with Gasteiger partial charge >= 0.3 is 0 Å². The van der Waals surface area contributed by atoms with E-state index < -0.39 is 0 Å². The quantitative estimate of drug-likeness (QED) is 0.670. The molecule has 0 aliphatic rings. The van der Waals surface area contributed by atoms with Crippen LogP contribution in [0.5, 0.6) is 0 Å². The fourth-order valence-electron chi connectivity index (χ4n) is 1.64. The molecule has 0 saturated carbocycles. The molecule has 1 aromatic carbocycles. The molecular weight excluding hydrogens is 186 g/mol. The van der Waals surface area contributed by atoms with Crippen LogP contribution < -0.4 is 5.32 Å². The number of nitrogens with one attached hydrogen (secondary N) is 1. The van der Waals surface area contributed by atoms with Crippen LogP contribution in [-0.2, 0) is 6.42 Å². The molecule has 0 unspecified atom stereocenters. The summed E-state index contributed by atoms with van der Waals surface area (Å²) in [4.78, 5) is 0. The largest absolute Gasteiger partial charge is 0.396 e. The number of rotatable bonds is 7. The standard InChI is InChI=1S/C13H21NO/c1-2-13(14-9-6-10-15)11-12-7-4-3-5-8-12/h3-5,7-8,13-15H,2,6,9-11H2,1H3/t13-/m1/s1. The van der Waals surface area contributed by atoms with Crippen molar-refractivity contribution in [3.05, 3.63) is 35.9 Å². The lowest BCUT2D eigenvalue weighted by atomic mass is 10.0. The fraction of sp³-hybridized carbons (Fsp3) is 0.538. The summed E-state index contributed by atoms with van der Waals surface area (Å²) in [6, 6.07) is 11.1. The second-order valence-electron chi connectivity index (χ2n) is 3.83. The maximum Gasteiger partial charge on any atom is 0.0443 e. The Labute approximate surface area is 92.3 Å². The predicted molar refractivity (Wildman–Crippen MR) is 63.9 cm³/mol. The lowest BCUT2D eigenvalue weighted by Crippen LogP contribution is -2.31. The molecule has 0 amide bonds. The topological polar surface area (TPSA) is 32.3 Å². The first kappa shape index (κ1) is 12.2. The van der Waals surface area contributed by atoms with Crippen LogP contribution in [-0.4, -0.2) is 24.3 Å². The number of hydrogen-bond acceptors (Lipinski definition) is 2. The molecule has 0 aromatic heterocycles. The van der Waals surface area contributed by atoms with Crippen LogP contribution in [0.3, 0.4) is 0 Å². The number of hydrogen-bond donors (Lipinski definition) is 2. The Morgan fingerprint density at radius 3 is 2.60 bits per heavy atom. The Hall–Kier alpha value is -0.860. The van der Waals surface area contributed by atoms with E-state index in [9.17, 15) is 0 Å². The molecule has 2 heteroatoms. The van der Waals surface area contributed by atoms with Gasteiger partial charge in [0, 0.05) is 12.6 Å². The molecular formula is C13H21NO. The van der Waals surface area contributed by atoms with Crippen LogP contribution in [0, 0.1) is 0 Å². The molecule has 1 rings (SSSR count). The summed E-state index contributed by atoms with van der Waals surface area (Å²) in [5.41, 5.74) is 1.38. The molecule has 0 bridgehead atoms. The summed E-state index contributed by atoms with van der Waals surface area (Å²) >= 11 is 0. The van der Waals surface area contributed by atoms with Crippen LogP contribution >= 0.6 is 0 Å². The third-order valence-corrected chi connectivity index (χ3v) is 2.59. The zero-order valence-electron chi connectivity index (χ0n) is 9.45. The molecule has 2 N–H and O–H groups in total. The van der Waals surface area contributed by atoms with Crippen LogP contribution in [0.2, 0.25) is 0 Å². The molecule has 2 nitrogen and oxygen atoms in total. The van der Waals surface area contributed by atoms with Gasteiger partial charge in [0.1, 0.15) is 0 Å². The Balaban J connectivity index is 2.33. The first-order valence-corrected chi connectivity index (χ1v) is 5.75.